The molecule has 3 aromatic rings. The Kier molecular flexibility index (Phi) is 4.74. The summed E-state index contributed by atoms with van der Waals surface area (Å²) in [5, 5.41) is 21.6. The van der Waals surface area contributed by atoms with Crippen molar-refractivity contribution in [3.8, 4) is 5.69 Å². The zero-order valence-corrected chi connectivity index (χ0v) is 14.3. The minimum absolute atomic E-state index is 0.0530. The van der Waals surface area contributed by atoms with Gasteiger partial charge in [-0.2, -0.15) is 0 Å². The zero-order valence-electron chi connectivity index (χ0n) is 14.3. The van der Waals surface area contributed by atoms with E-state index in [2.05, 4.69) is 15.6 Å². The molecule has 132 valence electrons. The highest BCUT2D eigenvalue weighted by Crippen LogP contribution is 2.18. The topological polar surface area (TPSA) is 103 Å². The number of rotatable bonds is 5. The molecule has 1 N–H and O–H groups in total. The van der Waals surface area contributed by atoms with Crippen LogP contribution < -0.4 is 5.32 Å². The summed E-state index contributed by atoms with van der Waals surface area (Å²) in [6.07, 6.45) is 0. The van der Waals surface area contributed by atoms with Crippen LogP contribution in [0.3, 0.4) is 0 Å². The second kappa shape index (κ2) is 7.14. The van der Waals surface area contributed by atoms with Gasteiger partial charge in [0.1, 0.15) is 0 Å². The van der Waals surface area contributed by atoms with Crippen LogP contribution in [0.4, 0.5) is 5.69 Å². The summed E-state index contributed by atoms with van der Waals surface area (Å²) in [5.74, 6) is -0.347. The van der Waals surface area contributed by atoms with E-state index in [1.807, 2.05) is 31.2 Å². The number of hydrogen-bond acceptors (Lipinski definition) is 5. The average Bonchev–Trinajstić information content (AvgIpc) is 3.02. The van der Waals surface area contributed by atoms with Gasteiger partial charge in [0.15, 0.2) is 5.69 Å². The molecule has 1 amide bonds. The maximum atomic E-state index is 12.4. The molecule has 0 saturated carbocycles. The first-order valence-electron chi connectivity index (χ1n) is 7.96. The number of hydrogen-bond donors (Lipinski definition) is 1. The highest BCUT2D eigenvalue weighted by molar-refractivity contribution is 5.93. The van der Waals surface area contributed by atoms with Crippen LogP contribution in [0, 0.1) is 24.0 Å². The number of nitrogens with zero attached hydrogens (tertiary/aromatic N) is 4. The van der Waals surface area contributed by atoms with Crippen molar-refractivity contribution in [3.63, 3.8) is 0 Å². The second-order valence-corrected chi connectivity index (χ2v) is 5.88. The van der Waals surface area contributed by atoms with Gasteiger partial charge in [-0.05, 0) is 25.5 Å². The van der Waals surface area contributed by atoms with Crippen molar-refractivity contribution in [1.29, 1.82) is 0 Å². The van der Waals surface area contributed by atoms with Gasteiger partial charge in [-0.25, -0.2) is 4.68 Å². The highest BCUT2D eigenvalue weighted by Gasteiger charge is 2.18. The fourth-order valence-electron chi connectivity index (χ4n) is 2.49. The number of carbonyl (C=O) groups is 1. The van der Waals surface area contributed by atoms with E-state index in [-0.39, 0.29) is 17.3 Å². The molecule has 2 aromatic carbocycles. The molecule has 0 atom stereocenters. The van der Waals surface area contributed by atoms with Crippen molar-refractivity contribution in [2.45, 2.75) is 20.4 Å². The molecule has 8 heteroatoms. The number of nitro benzene ring substituents is 1. The molecule has 1 aromatic heterocycles. The summed E-state index contributed by atoms with van der Waals surface area (Å²) < 4.78 is 1.41. The van der Waals surface area contributed by atoms with E-state index >= 15 is 0 Å². The number of carbonyl (C=O) groups excluding carboxylic acids is 1. The lowest BCUT2D eigenvalue weighted by molar-refractivity contribution is -0.384. The molecule has 0 aliphatic heterocycles. The van der Waals surface area contributed by atoms with Crippen molar-refractivity contribution in [1.82, 2.24) is 20.3 Å². The minimum Gasteiger partial charge on any atom is -0.347 e. The van der Waals surface area contributed by atoms with Crippen LogP contribution in [0.2, 0.25) is 0 Å². The van der Waals surface area contributed by atoms with Crippen LogP contribution in [0.5, 0.6) is 0 Å². The number of non-ortho nitro benzene ring substituents is 1. The first-order valence-corrected chi connectivity index (χ1v) is 7.96. The van der Waals surface area contributed by atoms with Gasteiger partial charge in [0.25, 0.3) is 11.6 Å². The van der Waals surface area contributed by atoms with Crippen LogP contribution in [-0.4, -0.2) is 25.8 Å². The lowest BCUT2D eigenvalue weighted by Gasteiger charge is -2.06. The van der Waals surface area contributed by atoms with Crippen molar-refractivity contribution < 1.29 is 9.72 Å². The van der Waals surface area contributed by atoms with E-state index < -0.39 is 4.92 Å². The second-order valence-electron chi connectivity index (χ2n) is 5.88. The van der Waals surface area contributed by atoms with Gasteiger partial charge in [0.2, 0.25) is 0 Å². The molecule has 0 unspecified atom stereocenters. The van der Waals surface area contributed by atoms with Crippen molar-refractivity contribution in [2.24, 2.45) is 0 Å². The summed E-state index contributed by atoms with van der Waals surface area (Å²) >= 11 is 0. The Bertz CT molecular complexity index is 963. The van der Waals surface area contributed by atoms with Crippen LogP contribution in [-0.2, 0) is 6.54 Å². The Morgan fingerprint density at radius 1 is 1.19 bits per heavy atom. The third kappa shape index (κ3) is 3.59. The first-order chi connectivity index (χ1) is 12.5. The van der Waals surface area contributed by atoms with Gasteiger partial charge in [0, 0.05) is 18.7 Å². The minimum atomic E-state index is -0.481. The largest absolute Gasteiger partial charge is 0.347 e. The van der Waals surface area contributed by atoms with Crippen LogP contribution in [0.25, 0.3) is 5.69 Å². The average molecular weight is 351 g/mol. The molecule has 0 spiro atoms. The number of aromatic nitrogens is 3. The van der Waals surface area contributed by atoms with E-state index in [1.54, 1.807) is 19.1 Å². The quantitative estimate of drug-likeness (QED) is 0.562. The molecular formula is C18H17N5O3. The Morgan fingerprint density at radius 3 is 2.62 bits per heavy atom. The molecule has 0 bridgehead atoms. The third-order valence-corrected chi connectivity index (χ3v) is 3.97. The fraction of sp³-hybridized carbons (Fsp3) is 0.167. The number of nitro groups is 1. The van der Waals surface area contributed by atoms with Gasteiger partial charge in [-0.1, -0.05) is 41.1 Å². The molecule has 0 fully saturated rings. The molecule has 0 aliphatic carbocycles. The number of amides is 1. The Balaban J connectivity index is 1.77. The summed E-state index contributed by atoms with van der Waals surface area (Å²) in [5.41, 5.74) is 3.24. The smallest absolute Gasteiger partial charge is 0.274 e. The Morgan fingerprint density at radius 2 is 1.92 bits per heavy atom. The maximum Gasteiger partial charge on any atom is 0.274 e. The number of aryl methyl sites for hydroxylation is 1. The summed E-state index contributed by atoms with van der Waals surface area (Å²) in [6, 6.07) is 13.9. The van der Waals surface area contributed by atoms with Gasteiger partial charge < -0.3 is 5.32 Å². The molecule has 8 nitrogen and oxygen atoms in total. The molecule has 0 radical (unpaired) electrons. The predicted octanol–water partition coefficient (Wildman–Crippen LogP) is 2.72. The lowest BCUT2D eigenvalue weighted by Crippen LogP contribution is -2.24. The van der Waals surface area contributed by atoms with Crippen LogP contribution >= 0.6 is 0 Å². The zero-order chi connectivity index (χ0) is 18.7. The standard InChI is InChI=1S/C18H17N5O3/c1-12-6-8-14(9-7-12)11-19-18(24)17-13(2)22(21-20-17)15-4-3-5-16(10-15)23(25)26/h3-10H,11H2,1-2H3,(H,19,24). The Labute approximate surface area is 149 Å². The monoisotopic (exact) mass is 351 g/mol. The third-order valence-electron chi connectivity index (χ3n) is 3.97. The van der Waals surface area contributed by atoms with Crippen molar-refractivity contribution >= 4 is 11.6 Å². The van der Waals surface area contributed by atoms with Crippen LogP contribution in [0.15, 0.2) is 48.5 Å². The van der Waals surface area contributed by atoms with E-state index in [9.17, 15) is 14.9 Å². The SMILES string of the molecule is Cc1ccc(CNC(=O)c2nnn(-c3cccc([N+](=O)[O-])c3)c2C)cc1. The normalized spacial score (nSPS) is 10.5. The van der Waals surface area contributed by atoms with E-state index in [0.717, 1.165) is 11.1 Å². The predicted molar refractivity (Wildman–Crippen MR) is 95.1 cm³/mol. The van der Waals surface area contributed by atoms with Gasteiger partial charge in [-0.3, -0.25) is 14.9 Å². The molecule has 0 saturated heterocycles. The molecule has 26 heavy (non-hydrogen) atoms. The molecule has 3 rings (SSSR count). The fourth-order valence-corrected chi connectivity index (χ4v) is 2.49. The van der Waals surface area contributed by atoms with Crippen molar-refractivity contribution in [3.05, 3.63) is 81.2 Å². The van der Waals surface area contributed by atoms with Gasteiger partial charge >= 0.3 is 0 Å². The van der Waals surface area contributed by atoms with E-state index in [1.165, 1.54) is 16.8 Å². The number of benzene rings is 2. The molecular weight excluding hydrogens is 334 g/mol. The van der Waals surface area contributed by atoms with Gasteiger partial charge in [-0.15, -0.1) is 5.10 Å². The van der Waals surface area contributed by atoms with Gasteiger partial charge in [0.05, 0.1) is 16.3 Å². The summed E-state index contributed by atoms with van der Waals surface area (Å²) in [4.78, 5) is 22.8. The first kappa shape index (κ1) is 17.3. The summed E-state index contributed by atoms with van der Waals surface area (Å²) in [7, 11) is 0. The number of nitrogens with one attached hydrogen (secondary N) is 1. The summed E-state index contributed by atoms with van der Waals surface area (Å²) in [6.45, 7) is 4.07. The van der Waals surface area contributed by atoms with Crippen LogP contribution in [0.1, 0.15) is 27.3 Å². The van der Waals surface area contributed by atoms with E-state index in [4.69, 9.17) is 0 Å². The molecule has 0 aliphatic rings. The maximum absolute atomic E-state index is 12.4. The van der Waals surface area contributed by atoms with E-state index in [0.29, 0.717) is 17.9 Å². The Hall–Kier alpha value is -3.55. The molecule has 1 heterocycles. The highest BCUT2D eigenvalue weighted by atomic mass is 16.6. The lowest BCUT2D eigenvalue weighted by atomic mass is 10.1. The van der Waals surface area contributed by atoms with Crippen molar-refractivity contribution in [2.75, 3.05) is 0 Å².